The van der Waals surface area contributed by atoms with Gasteiger partial charge in [0.05, 0.1) is 0 Å². The molecule has 0 radical (unpaired) electrons. The Bertz CT molecular complexity index is 37.1. The normalized spacial score (nSPS) is 9.71. The zero-order chi connectivity index (χ0) is 5.70. The first kappa shape index (κ1) is 7.02. The maximum Gasteiger partial charge on any atom is 0.270 e. The highest BCUT2D eigenvalue weighted by atomic mass is 16.2. The molecule has 0 fully saturated rings. The van der Waals surface area contributed by atoms with Gasteiger partial charge in [0.2, 0.25) is 0 Å². The Morgan fingerprint density at radius 2 is 2.14 bits per heavy atom. The van der Waals surface area contributed by atoms with Crippen molar-refractivity contribution in [2.24, 2.45) is 5.92 Å². The molecule has 0 bridgehead atoms. The van der Waals surface area contributed by atoms with Crippen LogP contribution >= 0.6 is 0 Å². The molecule has 0 unspecified atom stereocenters. The molecule has 0 heterocycles. The molecule has 42 valence electrons. The summed E-state index contributed by atoms with van der Waals surface area (Å²) in [5.41, 5.74) is 0. The molecule has 1 nitrogen and oxygen atoms in total. The van der Waals surface area contributed by atoms with Gasteiger partial charge in [0.25, 0.3) is 7.48 Å². The number of rotatable bonds is 3. The van der Waals surface area contributed by atoms with Gasteiger partial charge in [-0.15, -0.1) is 0 Å². The van der Waals surface area contributed by atoms with Gasteiger partial charge in [0, 0.05) is 0 Å². The molecule has 0 atom stereocenters. The highest BCUT2D eigenvalue weighted by Crippen LogP contribution is 2.01. The van der Waals surface area contributed by atoms with Crippen LogP contribution in [0.3, 0.4) is 0 Å². The topological polar surface area (TPSA) is 20.2 Å². The van der Waals surface area contributed by atoms with E-state index in [2.05, 4.69) is 13.8 Å². The smallest absolute Gasteiger partial charge is 0.270 e. The van der Waals surface area contributed by atoms with E-state index < -0.39 is 0 Å². The molecule has 0 aromatic heterocycles. The zero-order valence-electron chi connectivity index (χ0n) is 5.15. The van der Waals surface area contributed by atoms with Crippen LogP contribution in [0, 0.1) is 5.92 Å². The standard InChI is InChI=1S/C5H13BO/c1-5(2)3-4-6-7/h5-7H,3-4H2,1-2H3. The maximum absolute atomic E-state index is 8.32. The van der Waals surface area contributed by atoms with E-state index in [1.54, 1.807) is 0 Å². The van der Waals surface area contributed by atoms with Crippen molar-refractivity contribution in [2.45, 2.75) is 26.6 Å². The summed E-state index contributed by atoms with van der Waals surface area (Å²) in [6.45, 7) is 4.32. The second-order valence-corrected chi connectivity index (χ2v) is 2.26. The third kappa shape index (κ3) is 6.02. The van der Waals surface area contributed by atoms with Crippen LogP contribution in [0.5, 0.6) is 0 Å². The van der Waals surface area contributed by atoms with Crippen LogP contribution in [-0.4, -0.2) is 12.5 Å². The van der Waals surface area contributed by atoms with Crippen molar-refractivity contribution in [1.82, 2.24) is 0 Å². The van der Waals surface area contributed by atoms with Gasteiger partial charge in [0.1, 0.15) is 0 Å². The summed E-state index contributed by atoms with van der Waals surface area (Å²) in [6.07, 6.45) is 2.11. The third-order valence-corrected chi connectivity index (χ3v) is 0.940. The summed E-state index contributed by atoms with van der Waals surface area (Å²) in [7, 11) is 0.345. The Kier molecular flexibility index (Phi) is 4.21. The van der Waals surface area contributed by atoms with Gasteiger partial charge < -0.3 is 5.02 Å². The van der Waals surface area contributed by atoms with Crippen LogP contribution < -0.4 is 0 Å². The SMILES string of the molecule is CC(C)CCBO. The zero-order valence-corrected chi connectivity index (χ0v) is 5.15. The van der Waals surface area contributed by atoms with Crippen molar-refractivity contribution in [3.8, 4) is 0 Å². The molecule has 0 aliphatic rings. The van der Waals surface area contributed by atoms with Crippen molar-refractivity contribution in [3.05, 3.63) is 0 Å². The van der Waals surface area contributed by atoms with Gasteiger partial charge in [0.15, 0.2) is 0 Å². The summed E-state index contributed by atoms with van der Waals surface area (Å²) in [5.74, 6) is 0.743. The van der Waals surface area contributed by atoms with E-state index in [4.69, 9.17) is 5.02 Å². The summed E-state index contributed by atoms with van der Waals surface area (Å²) in [6, 6.07) is 0. The minimum Gasteiger partial charge on any atom is -0.454 e. The first-order valence-corrected chi connectivity index (χ1v) is 2.88. The number of hydrogen-bond acceptors (Lipinski definition) is 1. The first-order chi connectivity index (χ1) is 3.27. The van der Waals surface area contributed by atoms with E-state index in [1.165, 1.54) is 0 Å². The molecule has 0 aromatic carbocycles. The quantitative estimate of drug-likeness (QED) is 0.520. The Hall–Kier alpha value is 0.0249. The molecule has 0 aromatic rings. The van der Waals surface area contributed by atoms with Gasteiger partial charge in [-0.25, -0.2) is 0 Å². The summed E-state index contributed by atoms with van der Waals surface area (Å²) >= 11 is 0. The molecule has 0 aliphatic heterocycles. The predicted octanol–water partition coefficient (Wildman–Crippen LogP) is 0.795. The minimum atomic E-state index is 0.345. The molecule has 7 heavy (non-hydrogen) atoms. The lowest BCUT2D eigenvalue weighted by Gasteiger charge is -1.97. The van der Waals surface area contributed by atoms with Gasteiger partial charge in [-0.2, -0.15) is 0 Å². The fourth-order valence-electron chi connectivity index (χ4n) is 0.500. The van der Waals surface area contributed by atoms with Gasteiger partial charge in [-0.05, 0) is 5.92 Å². The first-order valence-electron chi connectivity index (χ1n) is 2.88. The van der Waals surface area contributed by atoms with Gasteiger partial charge >= 0.3 is 0 Å². The molecular formula is C5H13BO. The van der Waals surface area contributed by atoms with Crippen LogP contribution in [0.25, 0.3) is 0 Å². The molecule has 0 rings (SSSR count). The summed E-state index contributed by atoms with van der Waals surface area (Å²) < 4.78 is 0. The van der Waals surface area contributed by atoms with Gasteiger partial charge in [-0.1, -0.05) is 26.6 Å². The average molecular weight is 100.0 g/mol. The molecule has 0 spiro atoms. The van der Waals surface area contributed by atoms with Crippen molar-refractivity contribution in [2.75, 3.05) is 0 Å². The Balaban J connectivity index is 2.68. The van der Waals surface area contributed by atoms with Gasteiger partial charge in [-0.3, -0.25) is 0 Å². The van der Waals surface area contributed by atoms with Crippen LogP contribution in [0.2, 0.25) is 6.32 Å². The van der Waals surface area contributed by atoms with Crippen molar-refractivity contribution in [3.63, 3.8) is 0 Å². The molecule has 0 saturated heterocycles. The highest BCUT2D eigenvalue weighted by molar-refractivity contribution is 6.25. The second-order valence-electron chi connectivity index (χ2n) is 2.26. The largest absolute Gasteiger partial charge is 0.454 e. The molecule has 0 saturated carbocycles. The van der Waals surface area contributed by atoms with Crippen molar-refractivity contribution >= 4 is 7.48 Å². The molecule has 2 heteroatoms. The summed E-state index contributed by atoms with van der Waals surface area (Å²) in [5, 5.41) is 8.32. The third-order valence-electron chi connectivity index (χ3n) is 0.940. The average Bonchev–Trinajstić information content (AvgIpc) is 1.61. The van der Waals surface area contributed by atoms with Crippen molar-refractivity contribution < 1.29 is 5.02 Å². The lowest BCUT2D eigenvalue weighted by atomic mass is 9.89. The van der Waals surface area contributed by atoms with Crippen molar-refractivity contribution in [1.29, 1.82) is 0 Å². The Labute approximate surface area is 46.0 Å². The fraction of sp³-hybridized carbons (Fsp3) is 1.00. The minimum absolute atomic E-state index is 0.345. The Morgan fingerprint density at radius 1 is 1.57 bits per heavy atom. The monoisotopic (exact) mass is 100 g/mol. The predicted molar refractivity (Wildman–Crippen MR) is 33.6 cm³/mol. The van der Waals surface area contributed by atoms with Crippen LogP contribution in [0.15, 0.2) is 0 Å². The maximum atomic E-state index is 8.32. The lowest BCUT2D eigenvalue weighted by molar-refractivity contribution is 0.567. The van der Waals surface area contributed by atoms with Crippen LogP contribution in [0.4, 0.5) is 0 Å². The molecule has 0 aliphatic carbocycles. The molecular weight excluding hydrogens is 86.9 g/mol. The van der Waals surface area contributed by atoms with E-state index in [-0.39, 0.29) is 0 Å². The van der Waals surface area contributed by atoms with E-state index in [1.807, 2.05) is 0 Å². The fourth-order valence-corrected chi connectivity index (χ4v) is 0.500. The second kappa shape index (κ2) is 4.19. The Morgan fingerprint density at radius 3 is 2.29 bits per heavy atom. The van der Waals surface area contributed by atoms with E-state index in [0.717, 1.165) is 18.7 Å². The van der Waals surface area contributed by atoms with E-state index in [9.17, 15) is 0 Å². The van der Waals surface area contributed by atoms with E-state index in [0.29, 0.717) is 7.48 Å². The summed E-state index contributed by atoms with van der Waals surface area (Å²) in [4.78, 5) is 0. The van der Waals surface area contributed by atoms with Crippen LogP contribution in [-0.2, 0) is 0 Å². The lowest BCUT2D eigenvalue weighted by Crippen LogP contribution is -1.91. The molecule has 1 N–H and O–H groups in total. The van der Waals surface area contributed by atoms with Crippen LogP contribution in [0.1, 0.15) is 20.3 Å². The van der Waals surface area contributed by atoms with E-state index >= 15 is 0 Å². The highest BCUT2D eigenvalue weighted by Gasteiger charge is 1.91. The number of hydrogen-bond donors (Lipinski definition) is 1. The molecule has 0 amide bonds.